The predicted molar refractivity (Wildman–Crippen MR) is 85.8 cm³/mol. The zero-order valence-electron chi connectivity index (χ0n) is 11.9. The van der Waals surface area contributed by atoms with Gasteiger partial charge in [-0.05, 0) is 0 Å². The van der Waals surface area contributed by atoms with E-state index in [2.05, 4.69) is 5.32 Å². The van der Waals surface area contributed by atoms with Gasteiger partial charge in [0, 0.05) is 0 Å². The van der Waals surface area contributed by atoms with E-state index in [0.717, 1.165) is 5.56 Å². The second-order valence-electron chi connectivity index (χ2n) is 5.00. The first kappa shape index (κ1) is 14.8. The molecule has 1 atom stereocenters. The SMILES string of the molecule is O=C1CC([Se]c2ccccc2)N1C(=O)NCc1ccccc1. The Bertz CT molecular complexity index is 661. The number of imide groups is 1. The van der Waals surface area contributed by atoms with Crippen LogP contribution in [0.4, 0.5) is 4.79 Å². The van der Waals surface area contributed by atoms with E-state index in [1.165, 1.54) is 9.36 Å². The van der Waals surface area contributed by atoms with Gasteiger partial charge in [-0.2, -0.15) is 0 Å². The van der Waals surface area contributed by atoms with Crippen LogP contribution >= 0.6 is 0 Å². The molecule has 3 rings (SSSR count). The summed E-state index contributed by atoms with van der Waals surface area (Å²) < 4.78 is 1.20. The number of carbonyl (C=O) groups is 2. The molecular weight excluding hydrogens is 343 g/mol. The van der Waals surface area contributed by atoms with E-state index >= 15 is 0 Å². The Hall–Kier alpha value is -2.10. The standard InChI is InChI=1S/C17H16N2O2Se/c20-15-11-16(22-14-9-5-2-6-10-14)19(15)17(21)18-12-13-7-3-1-4-8-13/h1-10,16H,11-12H2,(H,18,21). The number of hydrogen-bond donors (Lipinski definition) is 1. The fourth-order valence-corrected chi connectivity index (χ4v) is 4.70. The Morgan fingerprint density at radius 1 is 1.09 bits per heavy atom. The van der Waals surface area contributed by atoms with Crippen molar-refractivity contribution in [2.75, 3.05) is 0 Å². The minimum absolute atomic E-state index is 0.0261. The first-order valence-corrected chi connectivity index (χ1v) is 8.94. The quantitative estimate of drug-likeness (QED) is 0.664. The van der Waals surface area contributed by atoms with Gasteiger partial charge in [-0.15, -0.1) is 0 Å². The molecule has 5 heteroatoms. The molecule has 2 aromatic carbocycles. The van der Waals surface area contributed by atoms with Crippen LogP contribution in [-0.4, -0.2) is 36.7 Å². The number of rotatable bonds is 4. The summed E-state index contributed by atoms with van der Waals surface area (Å²) in [5.41, 5.74) is 1.02. The molecule has 112 valence electrons. The summed E-state index contributed by atoms with van der Waals surface area (Å²) in [7, 11) is 0. The van der Waals surface area contributed by atoms with Crippen molar-refractivity contribution in [1.29, 1.82) is 0 Å². The number of carbonyl (C=O) groups excluding carboxylic acids is 2. The van der Waals surface area contributed by atoms with E-state index in [-0.39, 0.29) is 31.8 Å². The van der Waals surface area contributed by atoms with E-state index in [9.17, 15) is 9.59 Å². The van der Waals surface area contributed by atoms with Crippen molar-refractivity contribution in [3.05, 3.63) is 66.2 Å². The summed E-state index contributed by atoms with van der Waals surface area (Å²) in [6.45, 7) is 0.439. The van der Waals surface area contributed by atoms with Crippen LogP contribution in [0.5, 0.6) is 0 Å². The average molecular weight is 359 g/mol. The summed E-state index contributed by atoms with van der Waals surface area (Å²) >= 11 is 0.0965. The van der Waals surface area contributed by atoms with Gasteiger partial charge >= 0.3 is 135 Å². The normalized spacial score (nSPS) is 17.0. The Balaban J connectivity index is 1.57. The Morgan fingerprint density at radius 3 is 2.36 bits per heavy atom. The number of amides is 3. The molecule has 1 aliphatic heterocycles. The molecule has 0 aliphatic carbocycles. The molecular formula is C17H16N2O2Se. The van der Waals surface area contributed by atoms with Gasteiger partial charge < -0.3 is 0 Å². The van der Waals surface area contributed by atoms with Gasteiger partial charge in [-0.3, -0.25) is 0 Å². The molecule has 22 heavy (non-hydrogen) atoms. The van der Waals surface area contributed by atoms with Crippen molar-refractivity contribution < 1.29 is 9.59 Å². The topological polar surface area (TPSA) is 49.4 Å². The average Bonchev–Trinajstić information content (AvgIpc) is 2.54. The fraction of sp³-hybridized carbons (Fsp3) is 0.176. The first-order valence-electron chi connectivity index (χ1n) is 7.09. The fourth-order valence-electron chi connectivity index (χ4n) is 2.24. The summed E-state index contributed by atoms with van der Waals surface area (Å²) in [6.07, 6.45) is 0.466. The number of β-lactam (4-membered cyclic amide) rings is 1. The van der Waals surface area contributed by atoms with Gasteiger partial charge in [0.15, 0.2) is 0 Å². The van der Waals surface area contributed by atoms with Crippen LogP contribution in [0.25, 0.3) is 0 Å². The zero-order valence-corrected chi connectivity index (χ0v) is 13.7. The van der Waals surface area contributed by atoms with Crippen LogP contribution < -0.4 is 9.78 Å². The van der Waals surface area contributed by atoms with Gasteiger partial charge in [0.1, 0.15) is 0 Å². The number of urea groups is 1. The molecule has 1 N–H and O–H groups in total. The molecule has 0 radical (unpaired) electrons. The van der Waals surface area contributed by atoms with Crippen molar-refractivity contribution in [1.82, 2.24) is 10.2 Å². The second-order valence-corrected chi connectivity index (χ2v) is 7.62. The van der Waals surface area contributed by atoms with Crippen molar-refractivity contribution in [2.24, 2.45) is 0 Å². The molecule has 0 aromatic heterocycles. The van der Waals surface area contributed by atoms with E-state index in [1.807, 2.05) is 60.7 Å². The predicted octanol–water partition coefficient (Wildman–Crippen LogP) is 1.48. The van der Waals surface area contributed by atoms with Gasteiger partial charge in [0.05, 0.1) is 0 Å². The molecule has 0 spiro atoms. The molecule has 1 heterocycles. The molecule has 3 amide bonds. The van der Waals surface area contributed by atoms with E-state index in [0.29, 0.717) is 13.0 Å². The van der Waals surface area contributed by atoms with Crippen molar-refractivity contribution >= 4 is 31.4 Å². The summed E-state index contributed by atoms with van der Waals surface area (Å²) in [5.74, 6) is -0.0895. The van der Waals surface area contributed by atoms with Crippen molar-refractivity contribution in [2.45, 2.75) is 17.9 Å². The first-order chi connectivity index (χ1) is 10.7. The number of hydrogen-bond acceptors (Lipinski definition) is 2. The van der Waals surface area contributed by atoms with E-state index in [1.54, 1.807) is 0 Å². The minimum atomic E-state index is -0.289. The Morgan fingerprint density at radius 2 is 1.73 bits per heavy atom. The Labute approximate surface area is 135 Å². The third-order valence-electron chi connectivity index (χ3n) is 3.43. The summed E-state index contributed by atoms with van der Waals surface area (Å²) in [5, 5.41) is 2.82. The summed E-state index contributed by atoms with van der Waals surface area (Å²) in [4.78, 5) is 25.4. The van der Waals surface area contributed by atoms with Crippen LogP contribution in [0.2, 0.25) is 0 Å². The second kappa shape index (κ2) is 6.77. The van der Waals surface area contributed by atoms with Crippen LogP contribution in [0.1, 0.15) is 12.0 Å². The molecule has 1 fully saturated rings. The third kappa shape index (κ3) is 3.38. The van der Waals surface area contributed by atoms with Gasteiger partial charge in [-0.25, -0.2) is 0 Å². The van der Waals surface area contributed by atoms with E-state index in [4.69, 9.17) is 0 Å². The van der Waals surface area contributed by atoms with Gasteiger partial charge in [-0.1, -0.05) is 0 Å². The molecule has 1 aliphatic rings. The van der Waals surface area contributed by atoms with Crippen molar-refractivity contribution in [3.63, 3.8) is 0 Å². The maximum absolute atomic E-state index is 12.2. The maximum atomic E-state index is 12.2. The summed E-state index contributed by atoms with van der Waals surface area (Å²) in [6, 6.07) is 19.4. The van der Waals surface area contributed by atoms with Gasteiger partial charge in [0.25, 0.3) is 0 Å². The number of nitrogens with one attached hydrogen (secondary N) is 1. The third-order valence-corrected chi connectivity index (χ3v) is 5.93. The molecule has 1 saturated heterocycles. The molecule has 2 aromatic rings. The van der Waals surface area contributed by atoms with E-state index < -0.39 is 0 Å². The monoisotopic (exact) mass is 360 g/mol. The molecule has 0 saturated carbocycles. The van der Waals surface area contributed by atoms with Crippen LogP contribution in [0.15, 0.2) is 60.7 Å². The van der Waals surface area contributed by atoms with Crippen LogP contribution in [-0.2, 0) is 11.3 Å². The number of nitrogens with zero attached hydrogens (tertiary/aromatic N) is 1. The van der Waals surface area contributed by atoms with Crippen molar-refractivity contribution in [3.8, 4) is 0 Å². The number of likely N-dealkylation sites (tertiary alicyclic amines) is 1. The zero-order chi connectivity index (χ0) is 15.4. The molecule has 4 nitrogen and oxygen atoms in total. The Kier molecular flexibility index (Phi) is 4.56. The number of benzene rings is 2. The van der Waals surface area contributed by atoms with Gasteiger partial charge in [0.2, 0.25) is 0 Å². The molecule has 0 bridgehead atoms. The van der Waals surface area contributed by atoms with Crippen LogP contribution in [0.3, 0.4) is 0 Å². The van der Waals surface area contributed by atoms with Crippen LogP contribution in [0, 0.1) is 0 Å². The molecule has 1 unspecified atom stereocenters.